The molecular weight excluding hydrogens is 464 g/mol. The summed E-state index contributed by atoms with van der Waals surface area (Å²) in [5, 5.41) is 7.43. The molecule has 0 bridgehead atoms. The second kappa shape index (κ2) is 10.3. The van der Waals surface area contributed by atoms with E-state index in [0.29, 0.717) is 24.0 Å². The molecule has 1 aliphatic rings. The van der Waals surface area contributed by atoms with Gasteiger partial charge in [0.05, 0.1) is 25.3 Å². The summed E-state index contributed by atoms with van der Waals surface area (Å²) in [6.07, 6.45) is 0.971. The van der Waals surface area contributed by atoms with E-state index in [4.69, 9.17) is 14.2 Å². The van der Waals surface area contributed by atoms with Crippen LogP contribution < -0.4 is 10.1 Å². The molecule has 2 heterocycles. The molecule has 0 fully saturated rings. The topological polar surface area (TPSA) is 80.5 Å². The fourth-order valence-electron chi connectivity index (χ4n) is 4.53. The molecule has 1 atom stereocenters. The Bertz CT molecular complexity index is 1440. The van der Waals surface area contributed by atoms with Crippen molar-refractivity contribution in [3.63, 3.8) is 0 Å². The highest BCUT2D eigenvalue weighted by Crippen LogP contribution is 2.38. The van der Waals surface area contributed by atoms with E-state index in [2.05, 4.69) is 41.7 Å². The maximum atomic E-state index is 13.4. The number of urea groups is 1. The first-order valence-corrected chi connectivity index (χ1v) is 12.4. The molecular formula is C30H30N4O3. The fraction of sp³-hybridized carbons (Fsp3) is 0.233. The Hall–Kier alpha value is -4.39. The van der Waals surface area contributed by atoms with Crippen LogP contribution in [0, 0.1) is 6.92 Å². The number of aromatic nitrogens is 2. The first-order chi connectivity index (χ1) is 18.0. The lowest BCUT2D eigenvalue weighted by Gasteiger charge is -2.35. The number of nitrogens with zero attached hydrogens (tertiary/aromatic N) is 3. The van der Waals surface area contributed by atoms with Crippen LogP contribution in [0.2, 0.25) is 0 Å². The Kier molecular flexibility index (Phi) is 6.77. The molecule has 1 aromatic heterocycles. The maximum Gasteiger partial charge on any atom is 0.322 e. The summed E-state index contributed by atoms with van der Waals surface area (Å²) in [5.41, 5.74) is 6.72. The van der Waals surface area contributed by atoms with E-state index < -0.39 is 6.04 Å². The molecule has 5 rings (SSSR count). The molecule has 188 valence electrons. The van der Waals surface area contributed by atoms with Crippen molar-refractivity contribution in [3.8, 4) is 17.1 Å². The number of amides is 2. The van der Waals surface area contributed by atoms with E-state index in [9.17, 15) is 4.79 Å². The van der Waals surface area contributed by atoms with Gasteiger partial charge in [-0.15, -0.1) is 0 Å². The van der Waals surface area contributed by atoms with E-state index in [0.717, 1.165) is 39.9 Å². The highest BCUT2D eigenvalue weighted by molar-refractivity contribution is 5.87. The molecule has 0 saturated heterocycles. The van der Waals surface area contributed by atoms with Crippen molar-refractivity contribution < 1.29 is 14.1 Å². The van der Waals surface area contributed by atoms with Gasteiger partial charge in [0.1, 0.15) is 5.75 Å². The van der Waals surface area contributed by atoms with Gasteiger partial charge in [0, 0.05) is 11.3 Å². The van der Waals surface area contributed by atoms with Crippen LogP contribution >= 0.6 is 0 Å². The highest BCUT2D eigenvalue weighted by Gasteiger charge is 2.35. The molecule has 0 spiro atoms. The Labute approximate surface area is 216 Å². The minimum Gasteiger partial charge on any atom is -0.497 e. The van der Waals surface area contributed by atoms with Gasteiger partial charge in [-0.1, -0.05) is 78.3 Å². The zero-order valence-corrected chi connectivity index (χ0v) is 21.5. The van der Waals surface area contributed by atoms with Crippen molar-refractivity contribution in [2.24, 2.45) is 0 Å². The largest absolute Gasteiger partial charge is 0.497 e. The summed E-state index contributed by atoms with van der Waals surface area (Å²) in [7, 11) is 1.62. The number of rotatable bonds is 7. The predicted molar refractivity (Wildman–Crippen MR) is 143 cm³/mol. The van der Waals surface area contributed by atoms with Crippen molar-refractivity contribution in [2.45, 2.75) is 39.8 Å². The number of allylic oxidation sites excluding steroid dienone is 1. The zero-order valence-electron chi connectivity index (χ0n) is 21.5. The second-order valence-corrected chi connectivity index (χ2v) is 9.20. The van der Waals surface area contributed by atoms with Crippen molar-refractivity contribution >= 4 is 11.6 Å². The monoisotopic (exact) mass is 494 g/mol. The average Bonchev–Trinajstić information content (AvgIpc) is 3.41. The average molecular weight is 495 g/mol. The molecule has 1 aliphatic heterocycles. The molecule has 0 aliphatic carbocycles. The van der Waals surface area contributed by atoms with Crippen molar-refractivity contribution in [1.29, 1.82) is 0 Å². The van der Waals surface area contributed by atoms with Crippen molar-refractivity contribution in [1.82, 2.24) is 20.4 Å². The SMILES string of the molecule is CCc1ccc(CN2C(=O)NC(c3ccc(C)cc3)C(c3nc(-c4cccc(OC)c4)no3)=C2C)cc1. The van der Waals surface area contributed by atoms with Gasteiger partial charge in [0.15, 0.2) is 0 Å². The Balaban J connectivity index is 1.57. The number of ether oxygens (including phenoxy) is 1. The molecule has 1 unspecified atom stereocenters. The summed E-state index contributed by atoms with van der Waals surface area (Å²) in [6.45, 7) is 6.53. The number of nitrogens with one attached hydrogen (secondary N) is 1. The maximum absolute atomic E-state index is 13.4. The Morgan fingerprint density at radius 3 is 2.43 bits per heavy atom. The number of carbonyl (C=O) groups excluding carboxylic acids is 1. The van der Waals surface area contributed by atoms with Gasteiger partial charge in [-0.3, -0.25) is 4.90 Å². The smallest absolute Gasteiger partial charge is 0.322 e. The minimum absolute atomic E-state index is 0.168. The van der Waals surface area contributed by atoms with E-state index in [1.807, 2.05) is 62.4 Å². The van der Waals surface area contributed by atoms with E-state index in [1.54, 1.807) is 12.0 Å². The zero-order chi connectivity index (χ0) is 25.9. The Morgan fingerprint density at radius 2 is 1.73 bits per heavy atom. The van der Waals surface area contributed by atoms with Crippen LogP contribution in [0.1, 0.15) is 48.0 Å². The molecule has 1 N–H and O–H groups in total. The van der Waals surface area contributed by atoms with E-state index in [-0.39, 0.29) is 6.03 Å². The van der Waals surface area contributed by atoms with Gasteiger partial charge in [0.2, 0.25) is 5.82 Å². The first kappa shape index (κ1) is 24.3. The summed E-state index contributed by atoms with van der Waals surface area (Å²) < 4.78 is 11.2. The lowest BCUT2D eigenvalue weighted by atomic mass is 9.94. The summed E-state index contributed by atoms with van der Waals surface area (Å²) in [5.74, 6) is 1.53. The van der Waals surface area contributed by atoms with Crippen molar-refractivity contribution in [3.05, 3.63) is 107 Å². The highest BCUT2D eigenvalue weighted by atomic mass is 16.5. The van der Waals surface area contributed by atoms with Crippen LogP contribution in [-0.2, 0) is 13.0 Å². The van der Waals surface area contributed by atoms with Crippen LogP contribution in [-0.4, -0.2) is 28.2 Å². The lowest BCUT2D eigenvalue weighted by Crippen LogP contribution is -2.45. The van der Waals surface area contributed by atoms with Crippen LogP contribution in [0.3, 0.4) is 0 Å². The van der Waals surface area contributed by atoms with Crippen LogP contribution in [0.4, 0.5) is 4.79 Å². The van der Waals surface area contributed by atoms with E-state index >= 15 is 0 Å². The lowest BCUT2D eigenvalue weighted by molar-refractivity contribution is 0.203. The molecule has 37 heavy (non-hydrogen) atoms. The molecule has 2 amide bonds. The van der Waals surface area contributed by atoms with Gasteiger partial charge >= 0.3 is 6.03 Å². The van der Waals surface area contributed by atoms with Crippen LogP contribution in [0.15, 0.2) is 83.0 Å². The quantitative estimate of drug-likeness (QED) is 0.325. The number of methoxy groups -OCH3 is 1. The number of benzene rings is 3. The molecule has 4 aromatic rings. The van der Waals surface area contributed by atoms with Gasteiger partial charge in [-0.05, 0) is 49.1 Å². The summed E-state index contributed by atoms with van der Waals surface area (Å²) >= 11 is 0. The number of hydrogen-bond donors (Lipinski definition) is 1. The Morgan fingerprint density at radius 1 is 1.00 bits per heavy atom. The summed E-state index contributed by atoms with van der Waals surface area (Å²) in [6, 6.07) is 23.4. The second-order valence-electron chi connectivity index (χ2n) is 9.20. The number of carbonyl (C=O) groups is 1. The molecule has 0 radical (unpaired) electrons. The third-order valence-corrected chi connectivity index (χ3v) is 6.76. The summed E-state index contributed by atoms with van der Waals surface area (Å²) in [4.78, 5) is 19.8. The molecule has 7 heteroatoms. The minimum atomic E-state index is -0.426. The third-order valence-electron chi connectivity index (χ3n) is 6.76. The van der Waals surface area contributed by atoms with Gasteiger partial charge in [-0.25, -0.2) is 4.79 Å². The molecule has 7 nitrogen and oxygen atoms in total. The number of hydrogen-bond acceptors (Lipinski definition) is 5. The standard InChI is InChI=1S/C30H30N4O3/c1-5-21-11-13-22(14-12-21)18-34-20(3)26(27(31-30(34)35)23-15-9-19(2)10-16-23)29-32-28(33-37-29)24-7-6-8-25(17-24)36-4/h6-17,27H,5,18H2,1-4H3,(H,31,35). The van der Waals surface area contributed by atoms with Gasteiger partial charge in [0.25, 0.3) is 5.89 Å². The normalized spacial score (nSPS) is 15.6. The van der Waals surface area contributed by atoms with Crippen LogP contribution in [0.5, 0.6) is 5.75 Å². The first-order valence-electron chi connectivity index (χ1n) is 12.4. The van der Waals surface area contributed by atoms with E-state index in [1.165, 1.54) is 5.56 Å². The van der Waals surface area contributed by atoms with Crippen LogP contribution in [0.25, 0.3) is 17.0 Å². The predicted octanol–water partition coefficient (Wildman–Crippen LogP) is 6.31. The third kappa shape index (κ3) is 4.98. The fourth-order valence-corrected chi connectivity index (χ4v) is 4.53. The molecule has 3 aromatic carbocycles. The van der Waals surface area contributed by atoms with Crippen molar-refractivity contribution in [2.75, 3.05) is 7.11 Å². The molecule has 0 saturated carbocycles. The number of aryl methyl sites for hydroxylation is 2. The van der Waals surface area contributed by atoms with Gasteiger partial charge in [-0.2, -0.15) is 4.98 Å². The van der Waals surface area contributed by atoms with Gasteiger partial charge < -0.3 is 14.6 Å².